The summed E-state index contributed by atoms with van der Waals surface area (Å²) < 4.78 is 19.3. The maximum atomic E-state index is 13.2. The third-order valence-corrected chi connectivity index (χ3v) is 8.32. The molecule has 0 bridgehead atoms. The van der Waals surface area contributed by atoms with Crippen molar-refractivity contribution in [3.63, 3.8) is 0 Å². The van der Waals surface area contributed by atoms with Crippen LogP contribution in [0.1, 0.15) is 45.0 Å². The summed E-state index contributed by atoms with van der Waals surface area (Å²) in [5.41, 5.74) is 7.32. The summed E-state index contributed by atoms with van der Waals surface area (Å²) in [6, 6.07) is 1.20. The average Bonchev–Trinajstić information content (AvgIpc) is 2.25. The summed E-state index contributed by atoms with van der Waals surface area (Å²) in [6.07, 6.45) is 1.22. The van der Waals surface area contributed by atoms with Gasteiger partial charge in [-0.1, -0.05) is 20.8 Å². The number of rotatable bonds is 4. The highest BCUT2D eigenvalue weighted by Gasteiger charge is 2.37. The minimum Gasteiger partial charge on any atom is -0.411 e. The van der Waals surface area contributed by atoms with Crippen molar-refractivity contribution >= 4 is 8.32 Å². The molecule has 1 rings (SSSR count). The molecule has 1 aromatic heterocycles. The average molecular weight is 284 g/mol. The number of hydrogen-bond donors (Lipinski definition) is 1. The van der Waals surface area contributed by atoms with Crippen molar-refractivity contribution in [1.82, 2.24) is 4.98 Å². The van der Waals surface area contributed by atoms with E-state index in [0.717, 1.165) is 11.3 Å². The van der Waals surface area contributed by atoms with E-state index in [1.165, 1.54) is 12.3 Å². The Morgan fingerprint density at radius 1 is 1.42 bits per heavy atom. The molecule has 1 heterocycles. The predicted octanol–water partition coefficient (Wildman–Crippen LogP) is 3.76. The van der Waals surface area contributed by atoms with Crippen LogP contribution in [-0.4, -0.2) is 13.3 Å². The zero-order valence-corrected chi connectivity index (χ0v) is 13.7. The molecule has 19 heavy (non-hydrogen) atoms. The van der Waals surface area contributed by atoms with E-state index in [2.05, 4.69) is 38.8 Å². The van der Waals surface area contributed by atoms with E-state index in [1.807, 2.05) is 6.92 Å². The molecule has 0 saturated carbocycles. The van der Waals surface area contributed by atoms with Crippen LogP contribution in [-0.2, 0) is 11.0 Å². The lowest BCUT2D eigenvalue weighted by Crippen LogP contribution is -2.40. The van der Waals surface area contributed by atoms with E-state index in [4.69, 9.17) is 10.2 Å². The highest BCUT2D eigenvalue weighted by Crippen LogP contribution is 2.37. The Morgan fingerprint density at radius 2 is 2.00 bits per heavy atom. The zero-order valence-electron chi connectivity index (χ0n) is 12.7. The minimum atomic E-state index is -1.83. The Hall–Kier alpha value is -0.783. The first-order chi connectivity index (χ1) is 8.54. The highest BCUT2D eigenvalue weighted by atomic mass is 28.4. The highest BCUT2D eigenvalue weighted by molar-refractivity contribution is 6.74. The van der Waals surface area contributed by atoms with Gasteiger partial charge in [0.1, 0.15) is 5.82 Å². The lowest BCUT2D eigenvalue weighted by molar-refractivity contribution is 0.270. The molecular formula is C14H25FN2OSi. The molecule has 0 aromatic carbocycles. The number of aromatic nitrogens is 1. The molecule has 0 radical (unpaired) electrons. The van der Waals surface area contributed by atoms with Crippen LogP contribution in [0.5, 0.6) is 0 Å². The van der Waals surface area contributed by atoms with Gasteiger partial charge < -0.3 is 10.2 Å². The van der Waals surface area contributed by atoms with Gasteiger partial charge in [-0.3, -0.25) is 4.98 Å². The molecule has 0 fully saturated rings. The van der Waals surface area contributed by atoms with Crippen molar-refractivity contribution in [1.29, 1.82) is 0 Å². The molecule has 3 nitrogen and oxygen atoms in total. The molecule has 0 aliphatic heterocycles. The smallest absolute Gasteiger partial charge is 0.192 e. The lowest BCUT2D eigenvalue weighted by Gasteiger charge is -2.36. The van der Waals surface area contributed by atoms with E-state index in [0.29, 0.717) is 6.61 Å². The molecule has 1 unspecified atom stereocenters. The fraction of sp³-hybridized carbons (Fsp3) is 0.643. The number of hydrogen-bond acceptors (Lipinski definition) is 3. The van der Waals surface area contributed by atoms with Crippen LogP contribution in [0.3, 0.4) is 0 Å². The van der Waals surface area contributed by atoms with Gasteiger partial charge in [0, 0.05) is 6.04 Å². The summed E-state index contributed by atoms with van der Waals surface area (Å²) >= 11 is 0. The summed E-state index contributed by atoms with van der Waals surface area (Å²) in [6.45, 7) is 13.1. The molecule has 5 heteroatoms. The SMILES string of the molecule is CC(N)c1cc(F)cnc1CO[Si](C)(C)C(C)(C)C. The first-order valence-corrected chi connectivity index (χ1v) is 9.49. The number of pyridine rings is 1. The van der Waals surface area contributed by atoms with E-state index in [1.54, 1.807) is 0 Å². The number of halogens is 1. The Bertz CT molecular complexity index is 442. The monoisotopic (exact) mass is 284 g/mol. The molecule has 1 atom stereocenters. The van der Waals surface area contributed by atoms with Gasteiger partial charge in [0.15, 0.2) is 8.32 Å². The molecule has 0 saturated heterocycles. The van der Waals surface area contributed by atoms with Gasteiger partial charge >= 0.3 is 0 Å². The minimum absolute atomic E-state index is 0.140. The zero-order chi connectivity index (χ0) is 14.8. The third-order valence-electron chi connectivity index (χ3n) is 3.84. The van der Waals surface area contributed by atoms with Crippen LogP contribution in [0, 0.1) is 5.82 Å². The van der Waals surface area contributed by atoms with Crippen LogP contribution in [0.25, 0.3) is 0 Å². The normalized spacial score (nSPS) is 14.5. The second-order valence-electron chi connectivity index (χ2n) is 6.53. The van der Waals surface area contributed by atoms with Crippen LogP contribution in [0.4, 0.5) is 4.39 Å². The van der Waals surface area contributed by atoms with Crippen molar-refractivity contribution in [2.75, 3.05) is 0 Å². The molecule has 0 aliphatic rings. The molecule has 2 N–H and O–H groups in total. The molecule has 0 spiro atoms. The first-order valence-electron chi connectivity index (χ1n) is 6.58. The van der Waals surface area contributed by atoms with Crippen molar-refractivity contribution < 1.29 is 8.82 Å². The van der Waals surface area contributed by atoms with E-state index >= 15 is 0 Å². The summed E-state index contributed by atoms with van der Waals surface area (Å²) in [7, 11) is -1.83. The van der Waals surface area contributed by atoms with Crippen LogP contribution < -0.4 is 5.73 Å². The van der Waals surface area contributed by atoms with E-state index in [9.17, 15) is 4.39 Å². The van der Waals surface area contributed by atoms with E-state index in [-0.39, 0.29) is 16.9 Å². The molecule has 0 aliphatic carbocycles. The van der Waals surface area contributed by atoms with Gasteiger partial charge in [-0.2, -0.15) is 0 Å². The van der Waals surface area contributed by atoms with Crippen molar-refractivity contribution in [3.05, 3.63) is 29.3 Å². The van der Waals surface area contributed by atoms with Gasteiger partial charge in [-0.25, -0.2) is 4.39 Å². The van der Waals surface area contributed by atoms with Crippen molar-refractivity contribution in [2.45, 2.75) is 58.5 Å². The molecule has 1 aromatic rings. The fourth-order valence-corrected chi connectivity index (χ4v) is 2.39. The van der Waals surface area contributed by atoms with Crippen molar-refractivity contribution in [3.8, 4) is 0 Å². The van der Waals surface area contributed by atoms with Gasteiger partial charge in [0.05, 0.1) is 18.5 Å². The summed E-state index contributed by atoms with van der Waals surface area (Å²) in [4.78, 5) is 4.13. The quantitative estimate of drug-likeness (QED) is 0.856. The van der Waals surface area contributed by atoms with Crippen molar-refractivity contribution in [2.24, 2.45) is 5.73 Å². The van der Waals surface area contributed by atoms with Gasteiger partial charge in [-0.15, -0.1) is 0 Å². The number of nitrogens with two attached hydrogens (primary N) is 1. The van der Waals surface area contributed by atoms with E-state index < -0.39 is 8.32 Å². The molecule has 108 valence electrons. The van der Waals surface area contributed by atoms with Crippen LogP contribution in [0.15, 0.2) is 12.3 Å². The topological polar surface area (TPSA) is 48.1 Å². The Kier molecular flexibility index (Phi) is 4.87. The summed E-state index contributed by atoms with van der Waals surface area (Å²) in [5.74, 6) is -0.358. The van der Waals surface area contributed by atoms with Crippen LogP contribution in [0.2, 0.25) is 18.1 Å². The predicted molar refractivity (Wildman–Crippen MR) is 78.8 cm³/mol. The largest absolute Gasteiger partial charge is 0.411 e. The third kappa shape index (κ3) is 4.09. The standard InChI is InChI=1S/C14H25FN2OSi/c1-10(16)12-7-11(15)8-17-13(12)9-18-19(5,6)14(2,3)4/h7-8,10H,9,16H2,1-6H3. The molecular weight excluding hydrogens is 259 g/mol. The maximum absolute atomic E-state index is 13.2. The Labute approximate surface area is 116 Å². The first kappa shape index (κ1) is 16.3. The Morgan fingerprint density at radius 3 is 2.47 bits per heavy atom. The summed E-state index contributed by atoms with van der Waals surface area (Å²) in [5, 5.41) is 0.140. The second-order valence-corrected chi connectivity index (χ2v) is 11.3. The maximum Gasteiger partial charge on any atom is 0.192 e. The van der Waals surface area contributed by atoms with Crippen LogP contribution >= 0.6 is 0 Å². The fourth-order valence-electron chi connectivity index (χ4n) is 1.46. The van der Waals surface area contributed by atoms with Gasteiger partial charge in [-0.05, 0) is 36.7 Å². The van der Waals surface area contributed by atoms with Gasteiger partial charge in [0.25, 0.3) is 0 Å². The lowest BCUT2D eigenvalue weighted by atomic mass is 10.1. The second kappa shape index (κ2) is 5.69. The molecule has 0 amide bonds. The number of nitrogens with zero attached hydrogens (tertiary/aromatic N) is 1. The Balaban J connectivity index is 2.90. The van der Waals surface area contributed by atoms with Gasteiger partial charge in [0.2, 0.25) is 0 Å².